The van der Waals surface area contributed by atoms with E-state index in [2.05, 4.69) is 45.7 Å². The number of nitrogens with zero attached hydrogens (tertiary/aromatic N) is 4. The summed E-state index contributed by atoms with van der Waals surface area (Å²) in [7, 11) is 0. The number of nitrogens with one attached hydrogen (secondary N) is 2. The summed E-state index contributed by atoms with van der Waals surface area (Å²) < 4.78 is 7.63. The van der Waals surface area contributed by atoms with E-state index in [-0.39, 0.29) is 6.01 Å². The number of hydrogen-bond acceptors (Lipinski definition) is 6. The zero-order chi connectivity index (χ0) is 30.2. The zero-order valence-electron chi connectivity index (χ0n) is 24.0. The molecule has 0 unspecified atom stereocenters. The predicted octanol–water partition coefficient (Wildman–Crippen LogP) is 8.79. The van der Waals surface area contributed by atoms with Gasteiger partial charge in [0.1, 0.15) is 24.6 Å². The summed E-state index contributed by atoms with van der Waals surface area (Å²) in [5.41, 5.74) is 1.92. The third kappa shape index (κ3) is 11.6. The molecule has 0 aliphatic heterocycles. The molecule has 4 aromatic rings. The second-order valence-corrected chi connectivity index (χ2v) is 11.1. The van der Waals surface area contributed by atoms with E-state index in [4.69, 9.17) is 39.5 Å². The molecule has 0 bridgehead atoms. The number of aromatic nitrogens is 4. The summed E-state index contributed by atoms with van der Waals surface area (Å²) in [4.78, 5) is 13.1. The molecule has 2 aromatic carbocycles. The highest BCUT2D eigenvalue weighted by Gasteiger charge is 2.09. The Bertz CT molecular complexity index is 1350. The van der Waals surface area contributed by atoms with E-state index in [1.807, 2.05) is 48.7 Å². The third-order valence-electron chi connectivity index (χ3n) is 6.55. The van der Waals surface area contributed by atoms with E-state index in [0.29, 0.717) is 52.9 Å². The average Bonchev–Trinajstić information content (AvgIpc) is 3.54. The highest BCUT2D eigenvalue weighted by molar-refractivity contribution is 6.35. The maximum Gasteiger partial charge on any atom is 0.320 e. The summed E-state index contributed by atoms with van der Waals surface area (Å²) in [6, 6.07) is 15.0. The zero-order valence-corrected chi connectivity index (χ0v) is 26.3. The van der Waals surface area contributed by atoms with Crippen LogP contribution >= 0.6 is 34.8 Å². The lowest BCUT2D eigenvalue weighted by Crippen LogP contribution is -2.22. The van der Waals surface area contributed by atoms with Crippen LogP contribution in [0.2, 0.25) is 15.1 Å². The largest absolute Gasteiger partial charge is 0.458 e. The third-order valence-corrected chi connectivity index (χ3v) is 7.37. The van der Waals surface area contributed by atoms with Crippen LogP contribution in [-0.2, 0) is 13.2 Å². The summed E-state index contributed by atoms with van der Waals surface area (Å²) in [6.07, 6.45) is 12.6. The fraction of sp³-hybridized carbons (Fsp3) is 0.344. The monoisotopic (exact) mass is 628 g/mol. The second kappa shape index (κ2) is 18.4. The number of halogens is 3. The van der Waals surface area contributed by atoms with Crippen molar-refractivity contribution in [1.82, 2.24) is 24.8 Å². The number of imidazole rings is 1. The van der Waals surface area contributed by atoms with E-state index < -0.39 is 0 Å². The van der Waals surface area contributed by atoms with Crippen molar-refractivity contribution in [2.45, 2.75) is 52.2 Å². The van der Waals surface area contributed by atoms with Crippen molar-refractivity contribution in [1.29, 1.82) is 0 Å². The smallest absolute Gasteiger partial charge is 0.320 e. The molecular weight excluding hydrogens is 591 g/mol. The van der Waals surface area contributed by atoms with Gasteiger partial charge in [0.15, 0.2) is 0 Å². The lowest BCUT2D eigenvalue weighted by Gasteiger charge is -2.15. The first kappa shape index (κ1) is 33.4. The van der Waals surface area contributed by atoms with Crippen LogP contribution in [0.25, 0.3) is 5.82 Å². The fourth-order valence-corrected chi connectivity index (χ4v) is 5.03. The first-order valence-corrected chi connectivity index (χ1v) is 15.2. The van der Waals surface area contributed by atoms with Gasteiger partial charge in [0.2, 0.25) is 0 Å². The Morgan fingerprint density at radius 3 is 2.40 bits per heavy atom. The Morgan fingerprint density at radius 1 is 0.952 bits per heavy atom. The Balaban J connectivity index is 0.000000465. The number of anilines is 1. The Kier molecular flexibility index (Phi) is 14.7. The summed E-state index contributed by atoms with van der Waals surface area (Å²) in [5.74, 6) is 2.32. The number of hydrogen-bond donors (Lipinski definition) is 2. The van der Waals surface area contributed by atoms with Crippen LogP contribution in [0, 0.1) is 5.92 Å². The van der Waals surface area contributed by atoms with Crippen LogP contribution in [0.5, 0.6) is 6.01 Å². The molecule has 1 fully saturated rings. The van der Waals surface area contributed by atoms with E-state index in [1.54, 1.807) is 23.2 Å². The molecule has 5 rings (SSSR count). The van der Waals surface area contributed by atoms with Crippen LogP contribution < -0.4 is 15.4 Å². The molecule has 0 saturated heterocycles. The molecule has 2 aromatic heterocycles. The van der Waals surface area contributed by atoms with Gasteiger partial charge in [-0.15, -0.1) is 13.2 Å². The van der Waals surface area contributed by atoms with Crippen molar-refractivity contribution >= 4 is 40.6 Å². The van der Waals surface area contributed by atoms with Gasteiger partial charge in [-0.3, -0.25) is 4.57 Å². The van der Waals surface area contributed by atoms with Gasteiger partial charge >= 0.3 is 6.01 Å². The molecule has 1 saturated carbocycles. The number of ether oxygens (including phenoxy) is 1. The van der Waals surface area contributed by atoms with Crippen LogP contribution in [-0.4, -0.2) is 32.6 Å². The molecule has 2 heterocycles. The van der Waals surface area contributed by atoms with E-state index in [1.165, 1.54) is 32.1 Å². The first-order chi connectivity index (χ1) is 20.5. The van der Waals surface area contributed by atoms with Gasteiger partial charge in [-0.1, -0.05) is 92.0 Å². The van der Waals surface area contributed by atoms with Crippen molar-refractivity contribution in [3.05, 3.63) is 107 Å². The van der Waals surface area contributed by atoms with Crippen LogP contribution in [0.3, 0.4) is 0 Å². The normalized spacial score (nSPS) is 12.9. The van der Waals surface area contributed by atoms with E-state index >= 15 is 0 Å². The quantitative estimate of drug-likeness (QED) is 0.135. The Hall–Kier alpha value is -3.10. The molecule has 224 valence electrons. The minimum Gasteiger partial charge on any atom is -0.458 e. The molecule has 0 radical (unpaired) electrons. The molecular formula is C32H39Cl3N6O. The Labute approximate surface area is 264 Å². The standard InChI is InChI=1S/C23H21Cl3N6O.C7H14.C2H4/c24-18-3-1-2-16(10-18)14-33-23-30-21(12-22(31-23)32-9-8-28-15-32)29-7-6-27-13-17-4-5-19(25)11-20(17)26;1-7-5-3-2-4-6-7;1-2/h1-5,8-12,15,27H,6-7,13-14H2,(H,29,30,31);7H,2-6H2,1H3;1-2H2. The van der Waals surface area contributed by atoms with Gasteiger partial charge in [0, 0.05) is 53.2 Å². The highest BCUT2D eigenvalue weighted by atomic mass is 35.5. The molecule has 0 atom stereocenters. The second-order valence-electron chi connectivity index (χ2n) is 9.86. The van der Waals surface area contributed by atoms with Crippen LogP contribution in [0.4, 0.5) is 5.82 Å². The van der Waals surface area contributed by atoms with E-state index in [9.17, 15) is 0 Å². The number of rotatable bonds is 10. The van der Waals surface area contributed by atoms with Gasteiger partial charge in [-0.25, -0.2) is 4.98 Å². The van der Waals surface area contributed by atoms with Gasteiger partial charge in [0.25, 0.3) is 0 Å². The van der Waals surface area contributed by atoms with Crippen LogP contribution in [0.15, 0.2) is 80.4 Å². The topological polar surface area (TPSA) is 76.9 Å². The van der Waals surface area contributed by atoms with Crippen molar-refractivity contribution < 1.29 is 4.74 Å². The molecule has 1 aliphatic carbocycles. The number of benzene rings is 2. The lowest BCUT2D eigenvalue weighted by molar-refractivity contribution is 0.281. The average molecular weight is 630 g/mol. The Morgan fingerprint density at radius 2 is 1.74 bits per heavy atom. The van der Waals surface area contributed by atoms with E-state index in [0.717, 1.165) is 17.0 Å². The van der Waals surface area contributed by atoms with Crippen molar-refractivity contribution in [2.75, 3.05) is 18.4 Å². The minimum atomic E-state index is 0.254. The van der Waals surface area contributed by atoms with Crippen molar-refractivity contribution in [2.24, 2.45) is 5.92 Å². The fourth-order valence-electron chi connectivity index (χ4n) is 4.34. The van der Waals surface area contributed by atoms with Crippen molar-refractivity contribution in [3.63, 3.8) is 0 Å². The van der Waals surface area contributed by atoms with Gasteiger partial charge in [-0.05, 0) is 41.3 Å². The minimum absolute atomic E-state index is 0.254. The molecule has 1 aliphatic rings. The first-order valence-electron chi connectivity index (χ1n) is 14.1. The molecule has 0 amide bonds. The van der Waals surface area contributed by atoms with Crippen molar-refractivity contribution in [3.8, 4) is 11.8 Å². The summed E-state index contributed by atoms with van der Waals surface area (Å²) in [6.45, 7) is 10.6. The van der Waals surface area contributed by atoms with Crippen LogP contribution in [0.1, 0.15) is 50.2 Å². The lowest BCUT2D eigenvalue weighted by atomic mass is 9.91. The molecule has 42 heavy (non-hydrogen) atoms. The maximum atomic E-state index is 6.22. The predicted molar refractivity (Wildman–Crippen MR) is 175 cm³/mol. The molecule has 7 nitrogen and oxygen atoms in total. The van der Waals surface area contributed by atoms with Gasteiger partial charge in [0.05, 0.1) is 0 Å². The maximum absolute atomic E-state index is 6.22. The van der Waals surface area contributed by atoms with Gasteiger partial charge in [-0.2, -0.15) is 9.97 Å². The SMILES string of the molecule is C=C.CC1CCCCC1.Clc1cccc(COc2nc(NCCNCc3ccc(Cl)cc3Cl)cc(-n3ccnc3)n2)c1. The summed E-state index contributed by atoms with van der Waals surface area (Å²) in [5, 5.41) is 8.57. The molecule has 2 N–H and O–H groups in total. The highest BCUT2D eigenvalue weighted by Crippen LogP contribution is 2.22. The van der Waals surface area contributed by atoms with Gasteiger partial charge < -0.3 is 15.4 Å². The summed E-state index contributed by atoms with van der Waals surface area (Å²) >= 11 is 18.2. The molecule has 0 spiro atoms. The molecule has 10 heteroatoms.